The number of aliphatic hydroxyl groups is 2. The topological polar surface area (TPSA) is 88.4 Å². The Labute approximate surface area is 190 Å². The molecule has 0 amide bonds. The van der Waals surface area contributed by atoms with Gasteiger partial charge < -0.3 is 29.5 Å². The molecule has 6 nitrogen and oxygen atoms in total. The van der Waals surface area contributed by atoms with Gasteiger partial charge in [-0.1, -0.05) is 12.1 Å². The van der Waals surface area contributed by atoms with Crippen LogP contribution in [0.5, 0.6) is 17.2 Å². The van der Waals surface area contributed by atoms with Crippen LogP contribution in [0.2, 0.25) is 0 Å². The first kappa shape index (κ1) is 24.2. The Morgan fingerprint density at radius 3 is 2.33 bits per heavy atom. The lowest BCUT2D eigenvalue weighted by molar-refractivity contribution is 0.164. The zero-order valence-corrected chi connectivity index (χ0v) is 19.4. The summed E-state index contributed by atoms with van der Waals surface area (Å²) < 4.78 is 16.1. The molecule has 0 spiro atoms. The second kappa shape index (κ2) is 12.0. The Hall–Kier alpha value is -2.03. The average Bonchev–Trinajstić information content (AvgIpc) is 2.75. The number of methoxy groups -OCH3 is 3. The van der Waals surface area contributed by atoms with Crippen LogP contribution in [-0.4, -0.2) is 43.3 Å². The Bertz CT molecular complexity index is 887. The molecule has 0 aliphatic heterocycles. The highest BCUT2D eigenvalue weighted by atomic mass is 127. The smallest absolute Gasteiger partial charge is 0.171 e. The average molecular weight is 526 g/mol. The third kappa shape index (κ3) is 6.75. The van der Waals surface area contributed by atoms with Crippen LogP contribution in [-0.2, 0) is 4.74 Å². The van der Waals surface area contributed by atoms with Gasteiger partial charge >= 0.3 is 0 Å². The van der Waals surface area contributed by atoms with E-state index < -0.39 is 12.2 Å². The lowest BCUT2D eigenvalue weighted by Gasteiger charge is -2.13. The highest BCUT2D eigenvalue weighted by Crippen LogP contribution is 2.35. The van der Waals surface area contributed by atoms with Crippen molar-refractivity contribution in [3.63, 3.8) is 0 Å². The number of hydrogen-bond acceptors (Lipinski definition) is 6. The maximum absolute atomic E-state index is 10.5. The molecule has 162 valence electrons. The molecule has 2 atom stereocenters. The van der Waals surface area contributed by atoms with E-state index in [0.717, 1.165) is 16.9 Å². The summed E-state index contributed by atoms with van der Waals surface area (Å²) in [6.07, 6.45) is 0.921. The minimum Gasteiger partial charge on any atom is -0.504 e. The van der Waals surface area contributed by atoms with E-state index in [0.29, 0.717) is 34.3 Å². The van der Waals surface area contributed by atoms with Crippen molar-refractivity contribution < 1.29 is 29.5 Å². The third-order valence-corrected chi connectivity index (χ3v) is 5.38. The molecule has 0 aliphatic carbocycles. The third-order valence-electron chi connectivity index (χ3n) is 4.56. The Morgan fingerprint density at radius 1 is 1.03 bits per heavy atom. The Balaban J connectivity index is 2.11. The number of hydrogen-bond donors (Lipinski definition) is 3. The standard InChI is InChI=1S/C23H27IO6/c1-28-14-15(11-21(26)16-7-9-18(29-2)10-8-16)5-4-6-20(25)17-12-19(24)23(27)22(13-17)30-3/h4,7-10,12-13,20-21,25-27H,6,11,14H2,1-3H3/t5?,20-,21-/m1/s1. The van der Waals surface area contributed by atoms with Crippen molar-refractivity contribution in [3.8, 4) is 17.2 Å². The molecule has 0 bridgehead atoms. The van der Waals surface area contributed by atoms with E-state index in [1.54, 1.807) is 44.6 Å². The van der Waals surface area contributed by atoms with Crippen molar-refractivity contribution in [2.45, 2.75) is 25.0 Å². The number of aromatic hydroxyl groups is 1. The number of benzene rings is 2. The molecule has 0 unspecified atom stereocenters. The zero-order chi connectivity index (χ0) is 22.1. The molecular formula is C23H27IO6. The fourth-order valence-electron chi connectivity index (χ4n) is 2.90. The van der Waals surface area contributed by atoms with E-state index in [-0.39, 0.29) is 5.75 Å². The largest absolute Gasteiger partial charge is 0.504 e. The van der Waals surface area contributed by atoms with Crippen LogP contribution in [0.25, 0.3) is 0 Å². The summed E-state index contributed by atoms with van der Waals surface area (Å²) >= 11 is 1.99. The number of phenols is 1. The molecule has 0 heterocycles. The molecule has 0 saturated carbocycles. The number of rotatable bonds is 10. The summed E-state index contributed by atoms with van der Waals surface area (Å²) in [6.45, 7) is 0.324. The minimum atomic E-state index is -0.782. The van der Waals surface area contributed by atoms with E-state index in [9.17, 15) is 15.3 Å². The number of phenolic OH excluding ortho intramolecular Hbond substituents is 1. The summed E-state index contributed by atoms with van der Waals surface area (Å²) in [5, 5.41) is 31.0. The molecule has 0 radical (unpaired) electrons. The lowest BCUT2D eigenvalue weighted by atomic mass is 10.0. The van der Waals surface area contributed by atoms with Gasteiger partial charge in [0, 0.05) is 20.0 Å². The summed E-state index contributed by atoms with van der Waals surface area (Å²) in [4.78, 5) is 0. The van der Waals surface area contributed by atoms with Gasteiger partial charge in [-0.25, -0.2) is 0 Å². The molecule has 0 saturated heterocycles. The number of ether oxygens (including phenoxy) is 3. The number of halogens is 1. The fraction of sp³-hybridized carbons (Fsp3) is 0.348. The van der Waals surface area contributed by atoms with Gasteiger partial charge in [-0.05, 0) is 69.6 Å². The molecule has 2 aromatic rings. The van der Waals surface area contributed by atoms with Crippen molar-refractivity contribution in [3.05, 3.63) is 68.5 Å². The molecule has 0 fully saturated rings. The maximum Gasteiger partial charge on any atom is 0.171 e. The molecule has 0 aliphatic rings. The quantitative estimate of drug-likeness (QED) is 0.317. The Morgan fingerprint density at radius 2 is 1.73 bits per heavy atom. The first-order valence-electron chi connectivity index (χ1n) is 9.37. The van der Waals surface area contributed by atoms with Gasteiger partial charge in [0.2, 0.25) is 0 Å². The van der Waals surface area contributed by atoms with E-state index in [2.05, 4.69) is 5.73 Å². The van der Waals surface area contributed by atoms with E-state index >= 15 is 0 Å². The summed E-state index contributed by atoms with van der Waals surface area (Å²) in [5.41, 5.74) is 5.33. The van der Waals surface area contributed by atoms with Crippen molar-refractivity contribution in [2.24, 2.45) is 0 Å². The SMILES string of the molecule is COCC(=C=CC[C@@H](O)c1cc(I)c(O)c(OC)c1)C[C@@H](O)c1ccc(OC)cc1. The monoisotopic (exact) mass is 526 g/mol. The van der Waals surface area contributed by atoms with Crippen molar-refractivity contribution in [2.75, 3.05) is 27.9 Å². The summed E-state index contributed by atoms with van der Waals surface area (Å²) in [5.74, 6) is 1.10. The predicted octanol–water partition coefficient (Wildman–Crippen LogP) is 4.29. The maximum atomic E-state index is 10.5. The summed E-state index contributed by atoms with van der Waals surface area (Å²) in [6, 6.07) is 10.6. The molecule has 0 aromatic heterocycles. The lowest BCUT2D eigenvalue weighted by Crippen LogP contribution is -2.03. The van der Waals surface area contributed by atoms with Gasteiger partial charge in [0.25, 0.3) is 0 Å². The van der Waals surface area contributed by atoms with Crippen LogP contribution >= 0.6 is 22.6 Å². The van der Waals surface area contributed by atoms with Gasteiger partial charge in [0.1, 0.15) is 5.75 Å². The van der Waals surface area contributed by atoms with Crippen molar-refractivity contribution in [1.82, 2.24) is 0 Å². The molecule has 3 N–H and O–H groups in total. The molecule has 2 aromatic carbocycles. The zero-order valence-electron chi connectivity index (χ0n) is 17.3. The van der Waals surface area contributed by atoms with E-state index in [4.69, 9.17) is 14.2 Å². The summed E-state index contributed by atoms with van der Waals surface area (Å²) in [7, 11) is 4.65. The first-order valence-corrected chi connectivity index (χ1v) is 10.5. The highest BCUT2D eigenvalue weighted by Gasteiger charge is 2.14. The normalized spacial score (nSPS) is 12.6. The minimum absolute atomic E-state index is 0.0550. The van der Waals surface area contributed by atoms with Crippen LogP contribution in [0, 0.1) is 3.57 Å². The Kier molecular flexibility index (Phi) is 9.68. The second-order valence-electron chi connectivity index (χ2n) is 6.68. The van der Waals surface area contributed by atoms with Crippen LogP contribution in [0.1, 0.15) is 36.2 Å². The van der Waals surface area contributed by atoms with Crippen LogP contribution in [0.15, 0.2) is 53.8 Å². The van der Waals surface area contributed by atoms with E-state index in [1.807, 2.05) is 34.7 Å². The van der Waals surface area contributed by atoms with Crippen LogP contribution < -0.4 is 9.47 Å². The molecule has 30 heavy (non-hydrogen) atoms. The second-order valence-corrected chi connectivity index (χ2v) is 7.85. The van der Waals surface area contributed by atoms with Crippen LogP contribution in [0.4, 0.5) is 0 Å². The highest BCUT2D eigenvalue weighted by molar-refractivity contribution is 14.1. The van der Waals surface area contributed by atoms with Crippen molar-refractivity contribution >= 4 is 22.6 Å². The predicted molar refractivity (Wildman–Crippen MR) is 123 cm³/mol. The van der Waals surface area contributed by atoms with Gasteiger partial charge in [0.15, 0.2) is 11.5 Å². The first-order chi connectivity index (χ1) is 14.4. The van der Waals surface area contributed by atoms with Gasteiger partial charge in [-0.2, -0.15) is 0 Å². The fourth-order valence-corrected chi connectivity index (χ4v) is 3.53. The van der Waals surface area contributed by atoms with Gasteiger partial charge in [0.05, 0.1) is 36.6 Å². The molecule has 2 rings (SSSR count). The van der Waals surface area contributed by atoms with Crippen molar-refractivity contribution in [1.29, 1.82) is 0 Å². The van der Waals surface area contributed by atoms with Crippen LogP contribution in [0.3, 0.4) is 0 Å². The van der Waals surface area contributed by atoms with E-state index in [1.165, 1.54) is 7.11 Å². The molecular weight excluding hydrogens is 499 g/mol. The number of aliphatic hydroxyl groups excluding tert-OH is 2. The van der Waals surface area contributed by atoms with Gasteiger partial charge in [-0.3, -0.25) is 0 Å². The molecule has 7 heteroatoms. The van der Waals surface area contributed by atoms with Gasteiger partial charge in [-0.15, -0.1) is 5.73 Å².